The molecule has 0 atom stereocenters. The van der Waals surface area contributed by atoms with E-state index in [4.69, 9.17) is 31.8 Å². The lowest BCUT2D eigenvalue weighted by molar-refractivity contribution is 0.668. The topological polar surface area (TPSA) is 61.7 Å². The van der Waals surface area contributed by atoms with Crippen molar-refractivity contribution in [3.63, 3.8) is 0 Å². The van der Waals surface area contributed by atoms with Gasteiger partial charge in [-0.25, -0.2) is 15.0 Å². The molecule has 0 N–H and O–H groups in total. The standard InChI is InChI=1S/C57H35N5O/c1-5-17-36(18-6-1)39-31-34-48-46(35-39)41-25-13-14-28-47(41)62(48)50-30-15-26-42-43-32-33-44-51-45(27-16-29-49(51)61(40-23-11-4-12-24-40)52(44)54(43)63-53(42)50)57-59-55(37-19-7-2-8-20-37)58-56(60-57)38-21-9-3-10-22-38/h1-35H/i1D,2D,3D,4D,5D,6D,7D,8D,9D,10D,11D,12D,13D,14D,15D,16D,17D,18D,19D,20D,21D,22D,23D,24D,25D,26D,27D,28D,29D,30D,31D,32D,33D,34D,35D. The molecule has 13 aromatic rings. The number of aromatic nitrogens is 5. The second-order valence-electron chi connectivity index (χ2n) is 13.3. The largest absolute Gasteiger partial charge is 0.452 e. The van der Waals surface area contributed by atoms with Gasteiger partial charge >= 0.3 is 0 Å². The minimum atomic E-state index is -1.12. The van der Waals surface area contributed by atoms with E-state index in [2.05, 4.69) is 15.0 Å². The quantitative estimate of drug-likeness (QED) is 0.167. The highest BCUT2D eigenvalue weighted by Gasteiger charge is 2.25. The van der Waals surface area contributed by atoms with E-state index in [1.54, 1.807) is 0 Å². The molecule has 0 radical (unpaired) electrons. The number of furan rings is 1. The molecule has 4 heterocycles. The van der Waals surface area contributed by atoms with Crippen LogP contribution in [-0.2, 0) is 0 Å². The molecule has 0 aliphatic heterocycles. The molecule has 13 rings (SSSR count). The fraction of sp³-hybridized carbons (Fsp3) is 0. The van der Waals surface area contributed by atoms with Crippen LogP contribution in [0.4, 0.5) is 0 Å². The Hall–Kier alpha value is -8.61. The molecule has 0 saturated heterocycles. The van der Waals surface area contributed by atoms with E-state index in [-0.39, 0.29) is 0 Å². The number of fused-ring (bicyclic) bond motifs is 10. The first-order valence-corrected chi connectivity index (χ1v) is 18.3. The number of rotatable bonds is 6. The molecule has 0 unspecified atom stereocenters. The number of benzene rings is 9. The predicted octanol–water partition coefficient (Wildman–Crippen LogP) is 14.6. The average molecular weight is 841 g/mol. The van der Waals surface area contributed by atoms with Gasteiger partial charge in [0.1, 0.15) is 0 Å². The Morgan fingerprint density at radius 3 is 1.65 bits per heavy atom. The summed E-state index contributed by atoms with van der Waals surface area (Å²) >= 11 is 0. The third kappa shape index (κ3) is 5.48. The molecule has 0 amide bonds. The van der Waals surface area contributed by atoms with Crippen LogP contribution in [0.15, 0.2) is 216 Å². The molecule has 294 valence electrons. The highest BCUT2D eigenvalue weighted by molar-refractivity contribution is 6.25. The second kappa shape index (κ2) is 14.0. The summed E-state index contributed by atoms with van der Waals surface area (Å²) in [5, 5.41) is -4.17. The van der Waals surface area contributed by atoms with Crippen molar-refractivity contribution in [2.24, 2.45) is 0 Å². The van der Waals surface area contributed by atoms with Crippen molar-refractivity contribution in [2.75, 3.05) is 0 Å². The van der Waals surface area contributed by atoms with Crippen molar-refractivity contribution < 1.29 is 52.4 Å². The lowest BCUT2D eigenvalue weighted by Gasteiger charge is -2.10. The summed E-state index contributed by atoms with van der Waals surface area (Å²) in [7, 11) is 0. The number of hydrogen-bond acceptors (Lipinski definition) is 4. The van der Waals surface area contributed by atoms with E-state index in [0.29, 0.717) is 4.57 Å². The van der Waals surface area contributed by atoms with Crippen LogP contribution >= 0.6 is 0 Å². The molecule has 0 spiro atoms. The summed E-state index contributed by atoms with van der Waals surface area (Å²) in [6.07, 6.45) is 0. The van der Waals surface area contributed by atoms with Gasteiger partial charge < -0.3 is 13.6 Å². The summed E-state index contributed by atoms with van der Waals surface area (Å²) in [6.45, 7) is 0. The summed E-state index contributed by atoms with van der Waals surface area (Å²) in [5.74, 6) is -2.79. The van der Waals surface area contributed by atoms with Gasteiger partial charge in [0.05, 0.1) is 75.7 Å². The van der Waals surface area contributed by atoms with E-state index in [0.717, 1.165) is 4.57 Å². The Labute approximate surface area is 410 Å². The van der Waals surface area contributed by atoms with Crippen LogP contribution in [0.2, 0.25) is 0 Å². The third-order valence-electron chi connectivity index (χ3n) is 9.96. The van der Waals surface area contributed by atoms with Crippen LogP contribution in [0.25, 0.3) is 122 Å². The Morgan fingerprint density at radius 1 is 0.365 bits per heavy atom. The number of nitrogens with zero attached hydrogens (tertiary/aromatic N) is 5. The fourth-order valence-corrected chi connectivity index (χ4v) is 7.40. The van der Waals surface area contributed by atoms with Gasteiger partial charge in [-0.1, -0.05) is 163 Å². The van der Waals surface area contributed by atoms with Gasteiger partial charge in [0.15, 0.2) is 28.6 Å². The van der Waals surface area contributed by atoms with Crippen LogP contribution in [0.1, 0.15) is 48.0 Å². The molecular weight excluding hydrogens is 771 g/mol. The monoisotopic (exact) mass is 841 g/mol. The van der Waals surface area contributed by atoms with Crippen molar-refractivity contribution in [2.45, 2.75) is 0 Å². The Kier molecular flexibility index (Phi) is 3.35. The molecule has 6 heteroatoms. The molecule has 0 aliphatic carbocycles. The van der Waals surface area contributed by atoms with Gasteiger partial charge in [-0.3, -0.25) is 0 Å². The van der Waals surface area contributed by atoms with Crippen LogP contribution in [0, 0.1) is 0 Å². The molecule has 6 nitrogen and oxygen atoms in total. The SMILES string of the molecule is [2H]c1c([2H])c([2H])c(-c2nc(-c3c([2H])c([2H])c([2H])c([2H])c3[2H])nc(-c3c([2H])c([2H])c([2H])c4c3c3c([2H])c([2H])c5c(oc6c(-n7c8c([2H])c([2H])c([2H])c([2H])c8c8c([2H])c(-c9c([2H])c([2H])c([2H])c([2H])c9[2H])c([2H])c([2H])c87)c([2H])c([2H])c([2H])c65)c3n4-c3c([2H])c([2H])c([2H])c([2H])c3[2H])n2)c([2H])c1[2H]. The smallest absolute Gasteiger partial charge is 0.164 e. The summed E-state index contributed by atoms with van der Waals surface area (Å²) in [5.41, 5.74) is -10.5. The highest BCUT2D eigenvalue weighted by atomic mass is 16.3. The van der Waals surface area contributed by atoms with Gasteiger partial charge in [0, 0.05) is 54.7 Å². The Morgan fingerprint density at radius 2 is 0.921 bits per heavy atom. The maximum atomic E-state index is 10.1. The van der Waals surface area contributed by atoms with Crippen molar-refractivity contribution >= 4 is 65.6 Å². The molecule has 63 heavy (non-hydrogen) atoms. The van der Waals surface area contributed by atoms with Gasteiger partial charge in [-0.15, -0.1) is 0 Å². The zero-order chi connectivity index (χ0) is 71.9. The Balaban J connectivity index is 1.29. The summed E-state index contributed by atoms with van der Waals surface area (Å²) < 4.78 is 326. The maximum absolute atomic E-state index is 10.1. The highest BCUT2D eigenvalue weighted by Crippen LogP contribution is 2.45. The first-order chi connectivity index (χ1) is 45.8. The van der Waals surface area contributed by atoms with Crippen molar-refractivity contribution in [1.82, 2.24) is 24.1 Å². The van der Waals surface area contributed by atoms with Gasteiger partial charge in [-0.2, -0.15) is 0 Å². The second-order valence-corrected chi connectivity index (χ2v) is 13.3. The Bertz CT molecular complexity index is 5810. The molecule has 9 aromatic carbocycles. The van der Waals surface area contributed by atoms with E-state index in [1.165, 1.54) is 0 Å². The van der Waals surface area contributed by atoms with Crippen LogP contribution in [0.5, 0.6) is 0 Å². The zero-order valence-electron chi connectivity index (χ0n) is 66.1. The normalized spacial score (nSPS) is 19.6. The average Bonchev–Trinajstić information content (AvgIpc) is 1.51. The maximum Gasteiger partial charge on any atom is 0.164 e. The summed E-state index contributed by atoms with van der Waals surface area (Å²) in [6, 6.07) is -34.8. The first-order valence-electron chi connectivity index (χ1n) is 35.8. The summed E-state index contributed by atoms with van der Waals surface area (Å²) in [4.78, 5) is 13.2. The minimum absolute atomic E-state index is 0.641. The van der Waals surface area contributed by atoms with E-state index in [9.17, 15) is 20.6 Å². The molecular formula is C57H35N5O. The molecule has 0 bridgehead atoms. The van der Waals surface area contributed by atoms with Gasteiger partial charge in [0.25, 0.3) is 0 Å². The molecule has 4 aromatic heterocycles. The zero-order valence-corrected chi connectivity index (χ0v) is 31.1. The van der Waals surface area contributed by atoms with Crippen molar-refractivity contribution in [1.29, 1.82) is 0 Å². The fourth-order valence-electron chi connectivity index (χ4n) is 7.40. The van der Waals surface area contributed by atoms with E-state index in [1.807, 2.05) is 0 Å². The lowest BCUT2D eigenvalue weighted by atomic mass is 10.0. The first kappa shape index (κ1) is 15.1. The van der Waals surface area contributed by atoms with Crippen LogP contribution in [0.3, 0.4) is 0 Å². The molecule has 0 aliphatic rings. The molecule has 0 saturated carbocycles. The van der Waals surface area contributed by atoms with Crippen LogP contribution in [-0.4, -0.2) is 24.1 Å². The lowest BCUT2D eigenvalue weighted by Crippen LogP contribution is -2.00. The molecule has 0 fully saturated rings. The van der Waals surface area contributed by atoms with Gasteiger partial charge in [-0.05, 0) is 59.5 Å². The van der Waals surface area contributed by atoms with Crippen LogP contribution < -0.4 is 0 Å². The number of hydrogen-bond donors (Lipinski definition) is 0. The van der Waals surface area contributed by atoms with Crippen molar-refractivity contribution in [3.8, 4) is 56.7 Å². The van der Waals surface area contributed by atoms with Gasteiger partial charge in [0.2, 0.25) is 0 Å². The number of para-hydroxylation sites is 3. The van der Waals surface area contributed by atoms with E-state index < -0.39 is 334 Å². The van der Waals surface area contributed by atoms with E-state index >= 15 is 0 Å². The van der Waals surface area contributed by atoms with Crippen molar-refractivity contribution in [3.05, 3.63) is 211 Å². The third-order valence-corrected chi connectivity index (χ3v) is 9.96. The predicted molar refractivity (Wildman–Crippen MR) is 258 cm³/mol. The minimum Gasteiger partial charge on any atom is -0.452 e.